The number of rotatable bonds is 4. The SMILES string of the molecule is CCc1nnc(C)cc1C(=O)Nc1cc(C(=O)O)ccn1. The van der Waals surface area contributed by atoms with Gasteiger partial charge in [-0.25, -0.2) is 9.78 Å². The molecule has 2 heterocycles. The third-order valence-corrected chi connectivity index (χ3v) is 2.82. The zero-order valence-electron chi connectivity index (χ0n) is 11.6. The van der Waals surface area contributed by atoms with Crippen molar-refractivity contribution in [2.45, 2.75) is 20.3 Å². The van der Waals surface area contributed by atoms with Crippen molar-refractivity contribution in [1.29, 1.82) is 0 Å². The minimum atomic E-state index is -1.08. The summed E-state index contributed by atoms with van der Waals surface area (Å²) in [6.07, 6.45) is 1.90. The van der Waals surface area contributed by atoms with E-state index in [1.165, 1.54) is 18.3 Å². The highest BCUT2D eigenvalue weighted by Gasteiger charge is 2.14. The molecular weight excluding hydrogens is 272 g/mol. The van der Waals surface area contributed by atoms with Crippen LogP contribution in [0.5, 0.6) is 0 Å². The lowest BCUT2D eigenvalue weighted by Gasteiger charge is -2.08. The number of aryl methyl sites for hydroxylation is 2. The topological polar surface area (TPSA) is 105 Å². The van der Waals surface area contributed by atoms with Gasteiger partial charge in [0.05, 0.1) is 22.5 Å². The molecule has 2 rings (SSSR count). The van der Waals surface area contributed by atoms with Crippen LogP contribution in [0.25, 0.3) is 0 Å². The highest BCUT2D eigenvalue weighted by atomic mass is 16.4. The minimum absolute atomic E-state index is 0.0556. The van der Waals surface area contributed by atoms with Crippen LogP contribution in [0.2, 0.25) is 0 Å². The normalized spacial score (nSPS) is 10.2. The monoisotopic (exact) mass is 286 g/mol. The standard InChI is InChI=1S/C14H14N4O3/c1-3-11-10(6-8(2)17-18-11)13(19)16-12-7-9(14(20)21)4-5-15-12/h4-7H,3H2,1-2H3,(H,20,21)(H,15,16,19). The quantitative estimate of drug-likeness (QED) is 0.886. The van der Waals surface area contributed by atoms with Crippen molar-refractivity contribution in [3.63, 3.8) is 0 Å². The summed E-state index contributed by atoms with van der Waals surface area (Å²) in [4.78, 5) is 27.1. The maximum Gasteiger partial charge on any atom is 0.335 e. The summed E-state index contributed by atoms with van der Waals surface area (Å²) in [7, 11) is 0. The minimum Gasteiger partial charge on any atom is -0.478 e. The van der Waals surface area contributed by atoms with Crippen LogP contribution in [-0.4, -0.2) is 32.2 Å². The van der Waals surface area contributed by atoms with Crippen LogP contribution in [0.1, 0.15) is 39.0 Å². The summed E-state index contributed by atoms with van der Waals surface area (Å²) >= 11 is 0. The van der Waals surface area contributed by atoms with Crippen molar-refractivity contribution in [2.24, 2.45) is 0 Å². The number of aromatic nitrogens is 3. The molecule has 0 saturated carbocycles. The molecule has 0 aliphatic carbocycles. The number of aromatic carboxylic acids is 1. The van der Waals surface area contributed by atoms with E-state index in [-0.39, 0.29) is 17.3 Å². The number of nitrogens with one attached hydrogen (secondary N) is 1. The molecule has 7 heteroatoms. The largest absolute Gasteiger partial charge is 0.478 e. The van der Waals surface area contributed by atoms with Crippen LogP contribution in [0.3, 0.4) is 0 Å². The van der Waals surface area contributed by atoms with Gasteiger partial charge in [0, 0.05) is 6.20 Å². The number of anilines is 1. The van der Waals surface area contributed by atoms with E-state index in [1.54, 1.807) is 13.0 Å². The van der Waals surface area contributed by atoms with Gasteiger partial charge in [0.1, 0.15) is 5.82 Å². The Morgan fingerprint density at radius 3 is 2.71 bits per heavy atom. The van der Waals surface area contributed by atoms with Gasteiger partial charge in [-0.05, 0) is 31.5 Å². The Hall–Kier alpha value is -2.83. The highest BCUT2D eigenvalue weighted by Crippen LogP contribution is 2.12. The van der Waals surface area contributed by atoms with Crippen molar-refractivity contribution in [1.82, 2.24) is 15.2 Å². The van der Waals surface area contributed by atoms with E-state index in [9.17, 15) is 9.59 Å². The molecule has 2 aromatic heterocycles. The molecule has 0 bridgehead atoms. The van der Waals surface area contributed by atoms with Crippen molar-refractivity contribution in [2.75, 3.05) is 5.32 Å². The fourth-order valence-electron chi connectivity index (χ4n) is 1.79. The molecule has 108 valence electrons. The van der Waals surface area contributed by atoms with Crippen LogP contribution >= 0.6 is 0 Å². The summed E-state index contributed by atoms with van der Waals surface area (Å²) in [5, 5.41) is 19.4. The van der Waals surface area contributed by atoms with Gasteiger partial charge in [0.15, 0.2) is 0 Å². The molecule has 0 aliphatic rings. The second kappa shape index (κ2) is 6.08. The molecule has 0 fully saturated rings. The summed E-state index contributed by atoms with van der Waals surface area (Å²) < 4.78 is 0. The zero-order valence-corrected chi connectivity index (χ0v) is 11.6. The van der Waals surface area contributed by atoms with E-state index < -0.39 is 5.97 Å². The Balaban J connectivity index is 2.28. The van der Waals surface area contributed by atoms with E-state index in [4.69, 9.17) is 5.11 Å². The highest BCUT2D eigenvalue weighted by molar-refractivity contribution is 6.05. The maximum absolute atomic E-state index is 12.3. The first kappa shape index (κ1) is 14.6. The second-order valence-corrected chi connectivity index (χ2v) is 4.39. The Morgan fingerprint density at radius 2 is 2.05 bits per heavy atom. The van der Waals surface area contributed by atoms with Gasteiger partial charge in [-0.1, -0.05) is 6.92 Å². The summed E-state index contributed by atoms with van der Waals surface area (Å²) in [6.45, 7) is 3.62. The fourth-order valence-corrected chi connectivity index (χ4v) is 1.79. The lowest BCUT2D eigenvalue weighted by Crippen LogP contribution is -2.17. The van der Waals surface area contributed by atoms with Gasteiger partial charge in [0.2, 0.25) is 0 Å². The molecule has 21 heavy (non-hydrogen) atoms. The predicted molar refractivity (Wildman–Crippen MR) is 75.3 cm³/mol. The molecule has 0 saturated heterocycles. The molecule has 2 N–H and O–H groups in total. The molecule has 0 aliphatic heterocycles. The van der Waals surface area contributed by atoms with Gasteiger partial charge >= 0.3 is 5.97 Å². The van der Waals surface area contributed by atoms with Crippen LogP contribution < -0.4 is 5.32 Å². The number of pyridine rings is 1. The lowest BCUT2D eigenvalue weighted by atomic mass is 10.1. The molecule has 1 amide bonds. The van der Waals surface area contributed by atoms with Crippen LogP contribution in [0.4, 0.5) is 5.82 Å². The van der Waals surface area contributed by atoms with E-state index in [1.807, 2.05) is 6.92 Å². The van der Waals surface area contributed by atoms with Gasteiger partial charge < -0.3 is 10.4 Å². The molecule has 0 radical (unpaired) electrons. The summed E-state index contributed by atoms with van der Waals surface area (Å²) in [5.74, 6) is -1.29. The van der Waals surface area contributed by atoms with Crippen molar-refractivity contribution >= 4 is 17.7 Å². The Kier molecular flexibility index (Phi) is 4.22. The Morgan fingerprint density at radius 1 is 1.29 bits per heavy atom. The average Bonchev–Trinajstić information content (AvgIpc) is 2.47. The molecular formula is C14H14N4O3. The molecule has 0 unspecified atom stereocenters. The first-order valence-corrected chi connectivity index (χ1v) is 6.35. The third kappa shape index (κ3) is 3.38. The lowest BCUT2D eigenvalue weighted by molar-refractivity contribution is 0.0696. The Labute approximate surface area is 121 Å². The number of amides is 1. The molecule has 0 aromatic carbocycles. The number of carbonyl (C=O) groups is 2. The first-order valence-electron chi connectivity index (χ1n) is 6.35. The van der Waals surface area contributed by atoms with E-state index >= 15 is 0 Å². The number of carbonyl (C=O) groups excluding carboxylic acids is 1. The van der Waals surface area contributed by atoms with Gasteiger partial charge in [-0.3, -0.25) is 4.79 Å². The number of nitrogens with zero attached hydrogens (tertiary/aromatic N) is 3. The number of carboxylic acids is 1. The van der Waals surface area contributed by atoms with E-state index in [2.05, 4.69) is 20.5 Å². The fraction of sp³-hybridized carbons (Fsp3) is 0.214. The van der Waals surface area contributed by atoms with Crippen molar-refractivity contribution in [3.05, 3.63) is 46.9 Å². The summed E-state index contributed by atoms with van der Waals surface area (Å²) in [5.41, 5.74) is 1.67. The Bertz CT molecular complexity index is 700. The zero-order chi connectivity index (χ0) is 15.4. The smallest absolute Gasteiger partial charge is 0.335 e. The number of carboxylic acid groups (broad SMARTS) is 1. The molecule has 2 aromatic rings. The van der Waals surface area contributed by atoms with Crippen LogP contribution in [0.15, 0.2) is 24.4 Å². The predicted octanol–water partition coefficient (Wildman–Crippen LogP) is 1.69. The van der Waals surface area contributed by atoms with Crippen molar-refractivity contribution < 1.29 is 14.7 Å². The molecule has 0 spiro atoms. The van der Waals surface area contributed by atoms with E-state index in [0.29, 0.717) is 23.4 Å². The van der Waals surface area contributed by atoms with Crippen LogP contribution in [0, 0.1) is 6.92 Å². The van der Waals surface area contributed by atoms with E-state index in [0.717, 1.165) is 0 Å². The third-order valence-electron chi connectivity index (χ3n) is 2.82. The first-order chi connectivity index (χ1) is 10.0. The summed E-state index contributed by atoms with van der Waals surface area (Å²) in [6, 6.07) is 4.29. The molecule has 0 atom stereocenters. The number of hydrogen-bond acceptors (Lipinski definition) is 5. The van der Waals surface area contributed by atoms with Gasteiger partial charge in [-0.15, -0.1) is 0 Å². The molecule has 7 nitrogen and oxygen atoms in total. The van der Waals surface area contributed by atoms with Crippen LogP contribution in [-0.2, 0) is 6.42 Å². The number of hydrogen-bond donors (Lipinski definition) is 2. The second-order valence-electron chi connectivity index (χ2n) is 4.39. The van der Waals surface area contributed by atoms with Gasteiger partial charge in [-0.2, -0.15) is 10.2 Å². The van der Waals surface area contributed by atoms with Crippen molar-refractivity contribution in [3.8, 4) is 0 Å². The van der Waals surface area contributed by atoms with Gasteiger partial charge in [0.25, 0.3) is 5.91 Å². The average molecular weight is 286 g/mol. The maximum atomic E-state index is 12.3.